The molecular formula is C22H26Cl2N4O4. The zero-order chi connectivity index (χ0) is 23.1. The first-order chi connectivity index (χ1) is 15.4. The van der Waals surface area contributed by atoms with Gasteiger partial charge >= 0.3 is 0 Å². The summed E-state index contributed by atoms with van der Waals surface area (Å²) in [6.45, 7) is 1.87. The number of anilines is 1. The summed E-state index contributed by atoms with van der Waals surface area (Å²) in [5.41, 5.74) is 6.89. The first kappa shape index (κ1) is 24.1. The molecule has 1 atom stereocenters. The van der Waals surface area contributed by atoms with Crippen molar-refractivity contribution < 1.29 is 19.1 Å². The summed E-state index contributed by atoms with van der Waals surface area (Å²) in [6.07, 6.45) is 2.88. The number of rotatable bonds is 8. The largest absolute Gasteiger partial charge is 0.485 e. The van der Waals surface area contributed by atoms with Gasteiger partial charge in [0.1, 0.15) is 6.61 Å². The summed E-state index contributed by atoms with van der Waals surface area (Å²) >= 11 is 12.4. The molecule has 0 spiro atoms. The topological polar surface area (TPSA) is 107 Å². The highest BCUT2D eigenvalue weighted by Crippen LogP contribution is 2.28. The van der Waals surface area contributed by atoms with Gasteiger partial charge in [0, 0.05) is 48.5 Å². The molecule has 32 heavy (non-hydrogen) atoms. The molecule has 172 valence electrons. The van der Waals surface area contributed by atoms with E-state index in [4.69, 9.17) is 38.4 Å². The summed E-state index contributed by atoms with van der Waals surface area (Å²) in [7, 11) is 1.58. The number of amides is 2. The molecular weight excluding hydrogens is 455 g/mol. The number of nitrogens with two attached hydrogens (primary N) is 1. The van der Waals surface area contributed by atoms with Gasteiger partial charge in [0.2, 0.25) is 5.91 Å². The van der Waals surface area contributed by atoms with Crippen molar-refractivity contribution in [2.24, 2.45) is 5.92 Å². The average molecular weight is 481 g/mol. The van der Waals surface area contributed by atoms with Crippen molar-refractivity contribution in [3.63, 3.8) is 0 Å². The van der Waals surface area contributed by atoms with Crippen LogP contribution in [-0.2, 0) is 16.1 Å². The van der Waals surface area contributed by atoms with Crippen LogP contribution in [0, 0.1) is 5.92 Å². The van der Waals surface area contributed by atoms with Gasteiger partial charge < -0.3 is 25.4 Å². The molecule has 2 aromatic rings. The predicted molar refractivity (Wildman–Crippen MR) is 123 cm³/mol. The summed E-state index contributed by atoms with van der Waals surface area (Å²) in [4.78, 5) is 31.2. The fourth-order valence-electron chi connectivity index (χ4n) is 3.49. The van der Waals surface area contributed by atoms with Crippen LogP contribution in [0.1, 0.15) is 28.8 Å². The summed E-state index contributed by atoms with van der Waals surface area (Å²) < 4.78 is 10.7. The minimum Gasteiger partial charge on any atom is -0.485 e. The third-order valence-electron chi connectivity index (χ3n) is 5.25. The highest BCUT2D eigenvalue weighted by molar-refractivity contribution is 6.35. The molecule has 3 N–H and O–H groups in total. The van der Waals surface area contributed by atoms with E-state index >= 15 is 0 Å². The molecule has 0 saturated carbocycles. The number of piperidine rings is 1. The Balaban J connectivity index is 1.67. The number of hydrogen-bond acceptors (Lipinski definition) is 6. The van der Waals surface area contributed by atoms with E-state index in [0.717, 1.165) is 12.8 Å². The molecule has 1 aliphatic rings. The van der Waals surface area contributed by atoms with Crippen LogP contribution in [0.15, 0.2) is 30.5 Å². The molecule has 0 radical (unpaired) electrons. The van der Waals surface area contributed by atoms with Crippen molar-refractivity contribution in [1.29, 1.82) is 0 Å². The Kier molecular flexibility index (Phi) is 8.55. The van der Waals surface area contributed by atoms with E-state index in [1.165, 1.54) is 6.20 Å². The molecule has 1 unspecified atom stereocenters. The Labute approximate surface area is 197 Å². The van der Waals surface area contributed by atoms with Crippen molar-refractivity contribution in [2.45, 2.75) is 19.4 Å². The third kappa shape index (κ3) is 6.03. The molecule has 2 amide bonds. The van der Waals surface area contributed by atoms with Crippen molar-refractivity contribution in [3.8, 4) is 5.75 Å². The van der Waals surface area contributed by atoms with Crippen LogP contribution < -0.4 is 15.8 Å². The van der Waals surface area contributed by atoms with Crippen LogP contribution >= 0.6 is 23.2 Å². The highest BCUT2D eigenvalue weighted by atomic mass is 35.5. The fraction of sp³-hybridized carbons (Fsp3) is 0.409. The maximum atomic E-state index is 13.1. The Morgan fingerprint density at radius 1 is 1.31 bits per heavy atom. The second kappa shape index (κ2) is 11.4. The monoisotopic (exact) mass is 480 g/mol. The van der Waals surface area contributed by atoms with Crippen LogP contribution in [0.2, 0.25) is 10.0 Å². The van der Waals surface area contributed by atoms with E-state index in [1.54, 1.807) is 36.3 Å². The zero-order valence-electron chi connectivity index (χ0n) is 17.8. The van der Waals surface area contributed by atoms with Crippen LogP contribution in [0.4, 0.5) is 5.82 Å². The number of carbonyl (C=O) groups excluding carboxylic acids is 2. The van der Waals surface area contributed by atoms with Gasteiger partial charge in [0.15, 0.2) is 11.6 Å². The van der Waals surface area contributed by atoms with Crippen LogP contribution in [-0.4, -0.2) is 55.0 Å². The van der Waals surface area contributed by atoms with Gasteiger partial charge in [-0.3, -0.25) is 9.59 Å². The van der Waals surface area contributed by atoms with Crippen molar-refractivity contribution in [2.75, 3.05) is 39.1 Å². The van der Waals surface area contributed by atoms with E-state index in [0.29, 0.717) is 47.4 Å². The lowest BCUT2D eigenvalue weighted by Gasteiger charge is -2.32. The molecule has 1 aliphatic heterocycles. The lowest BCUT2D eigenvalue weighted by atomic mass is 9.96. The van der Waals surface area contributed by atoms with Crippen molar-refractivity contribution in [1.82, 2.24) is 15.2 Å². The zero-order valence-corrected chi connectivity index (χ0v) is 19.3. The third-order valence-corrected chi connectivity index (χ3v) is 5.96. The van der Waals surface area contributed by atoms with Gasteiger partial charge in [-0.25, -0.2) is 4.98 Å². The highest BCUT2D eigenvalue weighted by Gasteiger charge is 2.29. The number of likely N-dealkylation sites (tertiary alicyclic amines) is 1. The maximum Gasteiger partial charge on any atom is 0.255 e. The number of nitrogens with one attached hydrogen (secondary N) is 1. The molecule has 3 rings (SSSR count). The van der Waals surface area contributed by atoms with E-state index in [9.17, 15) is 9.59 Å². The van der Waals surface area contributed by atoms with Crippen molar-refractivity contribution >= 4 is 40.8 Å². The van der Waals surface area contributed by atoms with Crippen LogP contribution in [0.3, 0.4) is 0 Å². The van der Waals surface area contributed by atoms with E-state index in [1.807, 2.05) is 0 Å². The molecule has 0 bridgehead atoms. The molecule has 2 heterocycles. The second-order valence-corrected chi connectivity index (χ2v) is 8.28. The number of halogens is 2. The molecule has 8 nitrogen and oxygen atoms in total. The van der Waals surface area contributed by atoms with E-state index < -0.39 is 0 Å². The first-order valence-electron chi connectivity index (χ1n) is 10.3. The molecule has 1 aromatic heterocycles. The van der Waals surface area contributed by atoms with Crippen LogP contribution in [0.5, 0.6) is 5.75 Å². The number of nitrogen functional groups attached to an aromatic ring is 1. The SMILES string of the molecule is COCCNC(=O)C1CCCN(C(=O)c2cnc(N)c(OCc3c(Cl)cccc3Cl)c2)C1. The smallest absolute Gasteiger partial charge is 0.255 e. The molecule has 0 aliphatic carbocycles. The number of methoxy groups -OCH3 is 1. The number of benzene rings is 1. The number of pyridine rings is 1. The Morgan fingerprint density at radius 3 is 2.78 bits per heavy atom. The minimum absolute atomic E-state index is 0.0735. The standard InChI is InChI=1S/C22H26Cl2N4O4/c1-31-9-7-26-21(29)14-4-3-8-28(12-14)22(30)15-10-19(20(25)27-11-15)32-13-16-17(23)5-2-6-18(16)24/h2,5-6,10-11,14H,3-4,7-9,12-13H2,1H3,(H2,25,27)(H,26,29). The van der Waals surface area contributed by atoms with Gasteiger partial charge in [-0.1, -0.05) is 29.3 Å². The van der Waals surface area contributed by atoms with E-state index in [2.05, 4.69) is 10.3 Å². The van der Waals surface area contributed by atoms with Gasteiger partial charge in [0.05, 0.1) is 18.1 Å². The Bertz CT molecular complexity index is 953. The van der Waals surface area contributed by atoms with Crippen LogP contribution in [0.25, 0.3) is 0 Å². The normalized spacial score (nSPS) is 16.0. The van der Waals surface area contributed by atoms with Gasteiger partial charge in [0.25, 0.3) is 5.91 Å². The lowest BCUT2D eigenvalue weighted by Crippen LogP contribution is -2.46. The number of carbonyl (C=O) groups is 2. The van der Waals surface area contributed by atoms with Gasteiger partial charge in [-0.05, 0) is 31.0 Å². The summed E-state index contributed by atoms with van der Waals surface area (Å²) in [6, 6.07) is 6.72. The Morgan fingerprint density at radius 2 is 2.06 bits per heavy atom. The maximum absolute atomic E-state index is 13.1. The number of hydrogen-bond donors (Lipinski definition) is 2. The first-order valence-corrected chi connectivity index (χ1v) is 11.0. The summed E-state index contributed by atoms with van der Waals surface area (Å²) in [5.74, 6) is -0.149. The molecule has 10 heteroatoms. The molecule has 1 saturated heterocycles. The quantitative estimate of drug-likeness (QED) is 0.561. The van der Waals surface area contributed by atoms with E-state index in [-0.39, 0.29) is 35.9 Å². The summed E-state index contributed by atoms with van der Waals surface area (Å²) in [5, 5.41) is 3.78. The Hall–Kier alpha value is -2.55. The second-order valence-electron chi connectivity index (χ2n) is 7.47. The number of nitrogens with zero attached hydrogens (tertiary/aromatic N) is 2. The fourth-order valence-corrected chi connectivity index (χ4v) is 3.99. The van der Waals surface area contributed by atoms with Gasteiger partial charge in [-0.2, -0.15) is 0 Å². The number of ether oxygens (including phenoxy) is 2. The molecule has 1 aromatic carbocycles. The lowest BCUT2D eigenvalue weighted by molar-refractivity contribution is -0.126. The minimum atomic E-state index is -0.260. The number of aromatic nitrogens is 1. The van der Waals surface area contributed by atoms with Gasteiger partial charge in [-0.15, -0.1) is 0 Å². The average Bonchev–Trinajstić information content (AvgIpc) is 2.79. The predicted octanol–water partition coefficient (Wildman–Crippen LogP) is 3.16. The molecule has 1 fully saturated rings. The van der Waals surface area contributed by atoms with Crippen molar-refractivity contribution in [3.05, 3.63) is 51.6 Å².